The van der Waals surface area contributed by atoms with Crippen LogP contribution < -0.4 is 24.6 Å². The number of fused-ring (bicyclic) bond motifs is 1. The van der Waals surface area contributed by atoms with Crippen LogP contribution in [0.1, 0.15) is 86.8 Å². The molecule has 0 saturated heterocycles. The van der Waals surface area contributed by atoms with Crippen LogP contribution in [-0.2, 0) is 33.6 Å². The van der Waals surface area contributed by atoms with Gasteiger partial charge < -0.3 is 23.4 Å². The number of aryl methyl sites for hydroxylation is 1. The van der Waals surface area contributed by atoms with E-state index in [0.29, 0.717) is 28.9 Å². The van der Waals surface area contributed by atoms with Crippen LogP contribution in [0.4, 0.5) is 0 Å². The standard InChI is InChI=1S/C30H34O10/c1-10-22-15(6)26(36-16(7)31)21(30(35)40-22)11-19-27-20(12-23(39-27)13(2)3)29(38-18(9)33)24(25(34)14(4)5)28(19)37-17(8)32/h14,23H,2,10-12H2,1,3-9H3/t23-/m1/s1. The van der Waals surface area contributed by atoms with Crippen LogP contribution in [0.25, 0.3) is 0 Å². The molecule has 2 heterocycles. The quantitative estimate of drug-likeness (QED) is 0.187. The molecule has 1 atom stereocenters. The molecule has 0 bridgehead atoms. The summed E-state index contributed by atoms with van der Waals surface area (Å²) in [5.74, 6) is -2.90. The zero-order chi connectivity index (χ0) is 30.0. The predicted octanol–water partition coefficient (Wildman–Crippen LogP) is 4.60. The summed E-state index contributed by atoms with van der Waals surface area (Å²) < 4.78 is 28.4. The molecule has 3 rings (SSSR count). The summed E-state index contributed by atoms with van der Waals surface area (Å²) in [6.45, 7) is 16.0. The summed E-state index contributed by atoms with van der Waals surface area (Å²) in [5.41, 5.74) is 0.735. The van der Waals surface area contributed by atoms with Gasteiger partial charge in [-0.15, -0.1) is 0 Å². The number of Topliss-reactive ketones (excluding diaryl/α,β-unsaturated/α-hetero) is 1. The molecule has 0 spiro atoms. The molecule has 214 valence electrons. The number of benzene rings is 1. The van der Waals surface area contributed by atoms with Gasteiger partial charge in [-0.2, -0.15) is 0 Å². The summed E-state index contributed by atoms with van der Waals surface area (Å²) in [6.07, 6.45) is -0.260. The Hall–Kier alpha value is -4.21. The largest absolute Gasteiger partial charge is 0.485 e. The van der Waals surface area contributed by atoms with Crippen molar-refractivity contribution in [1.29, 1.82) is 0 Å². The fourth-order valence-electron chi connectivity index (χ4n) is 4.59. The summed E-state index contributed by atoms with van der Waals surface area (Å²) in [7, 11) is 0. The van der Waals surface area contributed by atoms with Gasteiger partial charge in [0.15, 0.2) is 17.3 Å². The van der Waals surface area contributed by atoms with Crippen molar-refractivity contribution in [3.63, 3.8) is 0 Å². The van der Waals surface area contributed by atoms with Gasteiger partial charge in [-0.25, -0.2) is 4.79 Å². The van der Waals surface area contributed by atoms with Gasteiger partial charge in [0, 0.05) is 62.6 Å². The number of carbonyl (C=O) groups excluding carboxylic acids is 4. The normalized spacial score (nSPS) is 13.9. The second kappa shape index (κ2) is 11.9. The maximum atomic E-state index is 13.6. The maximum Gasteiger partial charge on any atom is 0.343 e. The smallest absolute Gasteiger partial charge is 0.343 e. The van der Waals surface area contributed by atoms with Crippen molar-refractivity contribution in [3.8, 4) is 23.0 Å². The van der Waals surface area contributed by atoms with Crippen LogP contribution >= 0.6 is 0 Å². The van der Waals surface area contributed by atoms with Crippen LogP contribution in [0.5, 0.6) is 23.0 Å². The molecule has 0 saturated carbocycles. The van der Waals surface area contributed by atoms with Crippen molar-refractivity contribution in [2.45, 2.75) is 80.8 Å². The third kappa shape index (κ3) is 6.00. The van der Waals surface area contributed by atoms with E-state index >= 15 is 0 Å². The Kier molecular flexibility index (Phi) is 9.02. The number of hydrogen-bond acceptors (Lipinski definition) is 10. The van der Waals surface area contributed by atoms with Crippen molar-refractivity contribution in [3.05, 3.63) is 56.1 Å². The van der Waals surface area contributed by atoms with Crippen molar-refractivity contribution in [2.24, 2.45) is 5.92 Å². The highest BCUT2D eigenvalue weighted by atomic mass is 16.6. The van der Waals surface area contributed by atoms with Gasteiger partial charge in [0.2, 0.25) is 0 Å². The first-order valence-corrected chi connectivity index (χ1v) is 13.0. The van der Waals surface area contributed by atoms with Crippen molar-refractivity contribution in [2.75, 3.05) is 0 Å². The first-order valence-electron chi connectivity index (χ1n) is 13.0. The Balaban J connectivity index is 2.49. The zero-order valence-electron chi connectivity index (χ0n) is 24.1. The Morgan fingerprint density at radius 3 is 1.98 bits per heavy atom. The molecule has 1 aliphatic heterocycles. The van der Waals surface area contributed by atoms with E-state index in [1.165, 1.54) is 13.8 Å². The predicted molar refractivity (Wildman–Crippen MR) is 144 cm³/mol. The van der Waals surface area contributed by atoms with Crippen molar-refractivity contribution >= 4 is 23.7 Å². The van der Waals surface area contributed by atoms with E-state index in [1.807, 2.05) is 0 Å². The second-order valence-electron chi connectivity index (χ2n) is 10.1. The molecule has 10 nitrogen and oxygen atoms in total. The fraction of sp³-hybridized carbons (Fsp3) is 0.433. The first kappa shape index (κ1) is 30.3. The minimum Gasteiger partial charge on any atom is -0.485 e. The lowest BCUT2D eigenvalue weighted by atomic mass is 9.89. The molecular weight excluding hydrogens is 520 g/mol. The highest BCUT2D eigenvalue weighted by Gasteiger charge is 2.39. The number of ether oxygens (including phenoxy) is 4. The van der Waals surface area contributed by atoms with E-state index in [-0.39, 0.29) is 52.5 Å². The highest BCUT2D eigenvalue weighted by molar-refractivity contribution is 6.05. The summed E-state index contributed by atoms with van der Waals surface area (Å²) in [5, 5.41) is 0. The monoisotopic (exact) mass is 554 g/mol. The van der Waals surface area contributed by atoms with Gasteiger partial charge in [-0.05, 0) is 19.4 Å². The number of esters is 3. The molecule has 0 fully saturated rings. The topological polar surface area (TPSA) is 135 Å². The Morgan fingerprint density at radius 2 is 1.48 bits per heavy atom. The van der Waals surface area contributed by atoms with Crippen molar-refractivity contribution in [1.82, 2.24) is 0 Å². The van der Waals surface area contributed by atoms with E-state index in [1.54, 1.807) is 34.6 Å². The van der Waals surface area contributed by atoms with Crippen LogP contribution in [0.3, 0.4) is 0 Å². The molecule has 1 aliphatic rings. The van der Waals surface area contributed by atoms with Gasteiger partial charge in [-0.3, -0.25) is 19.2 Å². The van der Waals surface area contributed by atoms with Crippen LogP contribution in [0, 0.1) is 12.8 Å². The molecule has 1 aromatic heterocycles. The molecule has 0 aliphatic carbocycles. The van der Waals surface area contributed by atoms with Crippen LogP contribution in [0.15, 0.2) is 21.4 Å². The molecule has 0 radical (unpaired) electrons. The zero-order valence-corrected chi connectivity index (χ0v) is 24.1. The first-order chi connectivity index (χ1) is 18.7. The summed E-state index contributed by atoms with van der Waals surface area (Å²) in [6, 6.07) is 0. The Bertz CT molecular complexity index is 1470. The lowest BCUT2D eigenvalue weighted by Gasteiger charge is -2.22. The Morgan fingerprint density at radius 1 is 0.925 bits per heavy atom. The number of rotatable bonds is 9. The molecule has 10 heteroatoms. The summed E-state index contributed by atoms with van der Waals surface area (Å²) in [4.78, 5) is 63.4. The fourth-order valence-corrected chi connectivity index (χ4v) is 4.59. The summed E-state index contributed by atoms with van der Waals surface area (Å²) >= 11 is 0. The van der Waals surface area contributed by atoms with Gasteiger partial charge in [0.1, 0.15) is 28.9 Å². The minimum absolute atomic E-state index is 0.0124. The van der Waals surface area contributed by atoms with Gasteiger partial charge in [0.25, 0.3) is 0 Å². The van der Waals surface area contributed by atoms with E-state index in [9.17, 15) is 24.0 Å². The molecule has 1 aromatic carbocycles. The minimum atomic E-state index is -0.767. The van der Waals surface area contributed by atoms with E-state index < -0.39 is 41.3 Å². The van der Waals surface area contributed by atoms with E-state index in [0.717, 1.165) is 6.92 Å². The van der Waals surface area contributed by atoms with E-state index in [2.05, 4.69) is 6.58 Å². The molecule has 0 amide bonds. The third-order valence-corrected chi connectivity index (χ3v) is 6.43. The molecular formula is C30H34O10. The third-order valence-electron chi connectivity index (χ3n) is 6.43. The highest BCUT2D eigenvalue weighted by Crippen LogP contribution is 2.50. The van der Waals surface area contributed by atoms with E-state index in [4.69, 9.17) is 23.4 Å². The molecule has 0 N–H and O–H groups in total. The second-order valence-corrected chi connectivity index (χ2v) is 10.1. The van der Waals surface area contributed by atoms with Gasteiger partial charge >= 0.3 is 23.5 Å². The molecule has 40 heavy (non-hydrogen) atoms. The number of ketones is 1. The van der Waals surface area contributed by atoms with Crippen LogP contribution in [-0.4, -0.2) is 29.8 Å². The number of carbonyl (C=O) groups is 4. The maximum absolute atomic E-state index is 13.6. The average molecular weight is 555 g/mol. The van der Waals surface area contributed by atoms with Gasteiger partial charge in [-0.1, -0.05) is 27.4 Å². The average Bonchev–Trinajstić information content (AvgIpc) is 3.29. The molecule has 2 aromatic rings. The lowest BCUT2D eigenvalue weighted by molar-refractivity contribution is -0.133. The number of hydrogen-bond donors (Lipinski definition) is 0. The lowest BCUT2D eigenvalue weighted by Crippen LogP contribution is -2.20. The van der Waals surface area contributed by atoms with Gasteiger partial charge in [0.05, 0.1) is 5.56 Å². The van der Waals surface area contributed by atoms with Crippen molar-refractivity contribution < 1.29 is 42.5 Å². The molecule has 0 unspecified atom stereocenters. The Labute approximate surface area is 232 Å². The van der Waals surface area contributed by atoms with Crippen LogP contribution in [0.2, 0.25) is 0 Å². The SMILES string of the molecule is C=C(C)[C@H]1Cc2c(c(Cc3c(OC(C)=O)c(C)c(CC)oc3=O)c(OC(C)=O)c(C(=O)C(C)C)c2OC(C)=O)O1.